The van der Waals surface area contributed by atoms with E-state index in [1.165, 1.54) is 18.0 Å². The van der Waals surface area contributed by atoms with E-state index in [1.807, 2.05) is 24.3 Å². The van der Waals surface area contributed by atoms with E-state index in [0.717, 1.165) is 4.90 Å². The third-order valence-corrected chi connectivity index (χ3v) is 4.67. The minimum Gasteiger partial charge on any atom is -0.463 e. The normalized spacial score (nSPS) is 15.5. The standard InChI is InChI=1S/C18H10O3S/c19-17-11(10-21-14-7-3-1-5-12(14)17)9-16-18(20)13-6-2-4-8-15(13)22-16/h1-10H/b16-9+. The van der Waals surface area contributed by atoms with Crippen LogP contribution in [0.2, 0.25) is 0 Å². The molecule has 106 valence electrons. The fraction of sp³-hybridized carbons (Fsp3) is 0. The summed E-state index contributed by atoms with van der Waals surface area (Å²) in [6.45, 7) is 0. The highest BCUT2D eigenvalue weighted by molar-refractivity contribution is 8.04. The second kappa shape index (κ2) is 5.00. The zero-order valence-corrected chi connectivity index (χ0v) is 12.2. The lowest BCUT2D eigenvalue weighted by Crippen LogP contribution is -2.05. The first kappa shape index (κ1) is 13.1. The van der Waals surface area contributed by atoms with Gasteiger partial charge in [0.1, 0.15) is 11.8 Å². The van der Waals surface area contributed by atoms with E-state index in [2.05, 4.69) is 0 Å². The molecule has 0 unspecified atom stereocenters. The summed E-state index contributed by atoms with van der Waals surface area (Å²) in [4.78, 5) is 26.3. The highest BCUT2D eigenvalue weighted by atomic mass is 32.2. The van der Waals surface area contributed by atoms with Gasteiger partial charge in [0.2, 0.25) is 5.78 Å². The number of ketones is 1. The molecule has 0 spiro atoms. The van der Waals surface area contributed by atoms with Gasteiger partial charge in [-0.1, -0.05) is 36.0 Å². The quantitative estimate of drug-likeness (QED) is 0.634. The lowest BCUT2D eigenvalue weighted by Gasteiger charge is -1.99. The van der Waals surface area contributed by atoms with Gasteiger partial charge in [-0.25, -0.2) is 0 Å². The Bertz CT molecular complexity index is 998. The second-order valence-corrected chi connectivity index (χ2v) is 6.04. The summed E-state index contributed by atoms with van der Waals surface area (Å²) in [7, 11) is 0. The van der Waals surface area contributed by atoms with Crippen LogP contribution >= 0.6 is 11.8 Å². The van der Waals surface area contributed by atoms with E-state index < -0.39 is 0 Å². The Labute approximate surface area is 130 Å². The minimum absolute atomic E-state index is 0.0480. The van der Waals surface area contributed by atoms with Crippen LogP contribution in [0.4, 0.5) is 0 Å². The maximum atomic E-state index is 12.5. The number of benzene rings is 2. The van der Waals surface area contributed by atoms with Crippen LogP contribution in [0.5, 0.6) is 0 Å². The van der Waals surface area contributed by atoms with Gasteiger partial charge in [0.25, 0.3) is 0 Å². The van der Waals surface area contributed by atoms with Crippen molar-refractivity contribution >= 4 is 34.6 Å². The lowest BCUT2D eigenvalue weighted by molar-refractivity contribution is 0.104. The molecule has 0 atom stereocenters. The average molecular weight is 306 g/mol. The first-order valence-electron chi connectivity index (χ1n) is 6.78. The molecule has 3 aromatic rings. The van der Waals surface area contributed by atoms with Crippen molar-refractivity contribution in [2.24, 2.45) is 0 Å². The Morgan fingerprint density at radius 1 is 0.955 bits per heavy atom. The van der Waals surface area contributed by atoms with Crippen LogP contribution in [0.25, 0.3) is 17.0 Å². The summed E-state index contributed by atoms with van der Waals surface area (Å²) in [5.41, 5.74) is 1.49. The third kappa shape index (κ3) is 2.00. The van der Waals surface area contributed by atoms with Gasteiger partial charge in [-0.15, -0.1) is 0 Å². The molecule has 22 heavy (non-hydrogen) atoms. The molecule has 0 saturated carbocycles. The van der Waals surface area contributed by atoms with Crippen molar-refractivity contribution in [3.8, 4) is 0 Å². The Morgan fingerprint density at radius 2 is 1.73 bits per heavy atom. The van der Waals surface area contributed by atoms with Gasteiger partial charge >= 0.3 is 0 Å². The largest absolute Gasteiger partial charge is 0.463 e. The van der Waals surface area contributed by atoms with Crippen LogP contribution in [-0.4, -0.2) is 5.78 Å². The van der Waals surface area contributed by atoms with Crippen molar-refractivity contribution in [2.45, 2.75) is 4.90 Å². The summed E-state index contributed by atoms with van der Waals surface area (Å²) in [6, 6.07) is 14.5. The Morgan fingerprint density at radius 3 is 2.59 bits per heavy atom. The number of thioether (sulfide) groups is 1. The first-order chi connectivity index (χ1) is 10.7. The van der Waals surface area contributed by atoms with Crippen molar-refractivity contribution in [1.29, 1.82) is 0 Å². The van der Waals surface area contributed by atoms with Crippen LogP contribution in [-0.2, 0) is 0 Å². The van der Waals surface area contributed by atoms with Crippen molar-refractivity contribution in [3.05, 3.63) is 81.0 Å². The van der Waals surface area contributed by atoms with Gasteiger partial charge in [-0.3, -0.25) is 9.59 Å². The van der Waals surface area contributed by atoms with Crippen LogP contribution < -0.4 is 5.43 Å². The Balaban J connectivity index is 1.84. The molecule has 0 aliphatic carbocycles. The molecule has 0 bridgehead atoms. The summed E-state index contributed by atoms with van der Waals surface area (Å²) in [5, 5.41) is 0.518. The van der Waals surface area contributed by atoms with Crippen molar-refractivity contribution in [3.63, 3.8) is 0 Å². The van der Waals surface area contributed by atoms with Crippen LogP contribution in [0, 0.1) is 0 Å². The van der Waals surface area contributed by atoms with Gasteiger partial charge in [0.15, 0.2) is 5.43 Å². The smallest absolute Gasteiger partial charge is 0.200 e. The Hall–Kier alpha value is -2.59. The number of allylic oxidation sites excluding steroid dienone is 1. The van der Waals surface area contributed by atoms with Crippen LogP contribution in [0.1, 0.15) is 15.9 Å². The molecule has 2 heterocycles. The van der Waals surface area contributed by atoms with E-state index in [-0.39, 0.29) is 11.2 Å². The number of Topliss-reactive ketones (excluding diaryl/α,β-unsaturated/α-hetero) is 1. The molecular weight excluding hydrogens is 296 g/mol. The molecule has 4 heteroatoms. The molecule has 3 nitrogen and oxygen atoms in total. The number of carbonyl (C=O) groups is 1. The molecular formula is C18H10O3S. The predicted octanol–water partition coefficient (Wildman–Crippen LogP) is 4.12. The first-order valence-corrected chi connectivity index (χ1v) is 7.59. The molecule has 1 aliphatic rings. The second-order valence-electron chi connectivity index (χ2n) is 4.95. The summed E-state index contributed by atoms with van der Waals surface area (Å²) in [6.07, 6.45) is 3.03. The molecule has 4 rings (SSSR count). The molecule has 0 amide bonds. The average Bonchev–Trinajstić information content (AvgIpc) is 2.87. The maximum Gasteiger partial charge on any atom is 0.200 e. The number of hydrogen-bond donors (Lipinski definition) is 0. The van der Waals surface area contributed by atoms with E-state index >= 15 is 0 Å². The number of hydrogen-bond acceptors (Lipinski definition) is 4. The minimum atomic E-state index is -0.126. The zero-order valence-electron chi connectivity index (χ0n) is 11.4. The summed E-state index contributed by atoms with van der Waals surface area (Å²) in [5.74, 6) is -0.0480. The maximum absolute atomic E-state index is 12.5. The highest BCUT2D eigenvalue weighted by Gasteiger charge is 2.25. The topological polar surface area (TPSA) is 47.3 Å². The van der Waals surface area contributed by atoms with Gasteiger partial charge in [0.05, 0.1) is 15.9 Å². The molecule has 2 aromatic carbocycles. The van der Waals surface area contributed by atoms with Crippen molar-refractivity contribution in [1.82, 2.24) is 0 Å². The number of carbonyl (C=O) groups excluding carboxylic acids is 1. The SMILES string of the molecule is O=C1/C(=C\c2coc3ccccc3c2=O)Sc2ccccc21. The zero-order chi connectivity index (χ0) is 15.1. The fourth-order valence-electron chi connectivity index (χ4n) is 2.47. The molecule has 0 radical (unpaired) electrons. The number of fused-ring (bicyclic) bond motifs is 2. The number of para-hydroxylation sites is 1. The molecule has 1 aromatic heterocycles. The third-order valence-electron chi connectivity index (χ3n) is 3.57. The highest BCUT2D eigenvalue weighted by Crippen LogP contribution is 2.40. The van der Waals surface area contributed by atoms with Crippen molar-refractivity contribution < 1.29 is 9.21 Å². The van der Waals surface area contributed by atoms with Gasteiger partial charge in [-0.2, -0.15) is 0 Å². The van der Waals surface area contributed by atoms with E-state index in [1.54, 1.807) is 30.3 Å². The Kier molecular flexibility index (Phi) is 2.98. The summed E-state index contributed by atoms with van der Waals surface area (Å²) >= 11 is 1.38. The predicted molar refractivity (Wildman–Crippen MR) is 87.1 cm³/mol. The van der Waals surface area contributed by atoms with Gasteiger partial charge in [-0.05, 0) is 30.3 Å². The van der Waals surface area contributed by atoms with Crippen molar-refractivity contribution in [2.75, 3.05) is 0 Å². The van der Waals surface area contributed by atoms with E-state index in [9.17, 15) is 9.59 Å². The van der Waals surface area contributed by atoms with E-state index in [4.69, 9.17) is 4.42 Å². The fourth-order valence-corrected chi connectivity index (χ4v) is 3.51. The molecule has 1 aliphatic heterocycles. The summed E-state index contributed by atoms with van der Waals surface area (Å²) < 4.78 is 5.48. The van der Waals surface area contributed by atoms with Crippen LogP contribution in [0.3, 0.4) is 0 Å². The molecule has 0 N–H and O–H groups in total. The molecule has 0 saturated heterocycles. The van der Waals surface area contributed by atoms with Gasteiger partial charge in [0, 0.05) is 10.5 Å². The number of rotatable bonds is 1. The van der Waals surface area contributed by atoms with Crippen LogP contribution in [0.15, 0.2) is 73.8 Å². The lowest BCUT2D eigenvalue weighted by atomic mass is 10.1. The van der Waals surface area contributed by atoms with Gasteiger partial charge < -0.3 is 4.42 Å². The van der Waals surface area contributed by atoms with E-state index in [0.29, 0.717) is 27.0 Å². The monoisotopic (exact) mass is 306 g/mol. The molecule has 0 fully saturated rings.